The van der Waals surface area contributed by atoms with Crippen molar-refractivity contribution in [3.05, 3.63) is 59.4 Å². The second-order valence-electron chi connectivity index (χ2n) is 7.31. The van der Waals surface area contributed by atoms with Crippen LogP contribution in [-0.4, -0.2) is 55.0 Å². The fourth-order valence-corrected chi connectivity index (χ4v) is 3.42. The molecule has 1 amide bonds. The number of halogens is 1. The minimum atomic E-state index is -0.333. The van der Waals surface area contributed by atoms with Gasteiger partial charge in [-0.15, -0.1) is 0 Å². The second-order valence-corrected chi connectivity index (χ2v) is 7.31. The van der Waals surface area contributed by atoms with Gasteiger partial charge in [0.2, 0.25) is 5.91 Å². The maximum absolute atomic E-state index is 13.9. The molecule has 1 fully saturated rings. The standard InChI is InChI=1S/C22H28FN3O2/c1-16-4-7-19(8-5-16)24-22(27)17(2)26-12-10-25(11-13-26)15-18-6-9-21(28-3)20(23)14-18/h4-9,14,17H,10-13,15H2,1-3H3,(H,24,27)/t17-/m0/s1. The Labute approximate surface area is 166 Å². The number of methoxy groups -OCH3 is 1. The SMILES string of the molecule is COc1ccc(CN2CCN([C@@H](C)C(=O)Nc3ccc(C)cc3)CC2)cc1F. The van der Waals surface area contributed by atoms with Crippen molar-refractivity contribution in [2.75, 3.05) is 38.6 Å². The average Bonchev–Trinajstić information content (AvgIpc) is 2.70. The summed E-state index contributed by atoms with van der Waals surface area (Å²) in [5.74, 6) is -0.0588. The minimum absolute atomic E-state index is 0.00882. The molecule has 0 aromatic heterocycles. The molecule has 1 atom stereocenters. The summed E-state index contributed by atoms with van der Waals surface area (Å²) in [6.45, 7) is 7.96. The molecule has 0 spiro atoms. The third-order valence-corrected chi connectivity index (χ3v) is 5.28. The van der Waals surface area contributed by atoms with Crippen LogP contribution in [0.25, 0.3) is 0 Å². The molecule has 1 saturated heterocycles. The third kappa shape index (κ3) is 5.09. The summed E-state index contributed by atoms with van der Waals surface area (Å²) in [7, 11) is 1.47. The highest BCUT2D eigenvalue weighted by molar-refractivity contribution is 5.94. The molecule has 150 valence electrons. The molecule has 1 aliphatic rings. The number of piperazine rings is 1. The summed E-state index contributed by atoms with van der Waals surface area (Å²) in [6.07, 6.45) is 0. The summed E-state index contributed by atoms with van der Waals surface area (Å²) in [5.41, 5.74) is 2.92. The number of ether oxygens (including phenoxy) is 1. The number of rotatable bonds is 6. The van der Waals surface area contributed by atoms with Crippen LogP contribution in [0.2, 0.25) is 0 Å². The molecule has 0 aliphatic carbocycles. The van der Waals surface area contributed by atoms with Gasteiger partial charge in [0.15, 0.2) is 11.6 Å². The lowest BCUT2D eigenvalue weighted by Gasteiger charge is -2.37. The molecule has 5 nitrogen and oxygen atoms in total. The van der Waals surface area contributed by atoms with Crippen molar-refractivity contribution in [3.63, 3.8) is 0 Å². The van der Waals surface area contributed by atoms with Crippen LogP contribution in [0.15, 0.2) is 42.5 Å². The van der Waals surface area contributed by atoms with Gasteiger partial charge in [0.05, 0.1) is 13.2 Å². The summed E-state index contributed by atoms with van der Waals surface area (Å²) < 4.78 is 18.8. The lowest BCUT2D eigenvalue weighted by molar-refractivity contribution is -0.121. The molecule has 1 N–H and O–H groups in total. The van der Waals surface area contributed by atoms with Crippen molar-refractivity contribution in [3.8, 4) is 5.75 Å². The molecule has 3 rings (SSSR count). The van der Waals surface area contributed by atoms with Crippen molar-refractivity contribution in [2.45, 2.75) is 26.4 Å². The number of carbonyl (C=O) groups is 1. The summed E-state index contributed by atoms with van der Waals surface area (Å²) in [6, 6.07) is 12.7. The van der Waals surface area contributed by atoms with Crippen molar-refractivity contribution >= 4 is 11.6 Å². The van der Waals surface area contributed by atoms with Gasteiger partial charge in [-0.2, -0.15) is 0 Å². The number of hydrogen-bond acceptors (Lipinski definition) is 4. The van der Waals surface area contributed by atoms with E-state index in [9.17, 15) is 9.18 Å². The van der Waals surface area contributed by atoms with Gasteiger partial charge in [-0.3, -0.25) is 14.6 Å². The molecule has 0 saturated carbocycles. The van der Waals surface area contributed by atoms with E-state index >= 15 is 0 Å². The van der Waals surface area contributed by atoms with E-state index in [0.717, 1.165) is 37.4 Å². The number of nitrogens with zero attached hydrogens (tertiary/aromatic N) is 2. The Bertz CT molecular complexity index is 802. The number of aryl methyl sites for hydroxylation is 1. The highest BCUT2D eigenvalue weighted by atomic mass is 19.1. The van der Waals surface area contributed by atoms with Gasteiger partial charge in [0.1, 0.15) is 0 Å². The zero-order valence-corrected chi connectivity index (χ0v) is 16.7. The highest BCUT2D eigenvalue weighted by Crippen LogP contribution is 2.19. The summed E-state index contributed by atoms with van der Waals surface area (Å²) in [5, 5.41) is 2.99. The van der Waals surface area contributed by atoms with Gasteiger partial charge in [-0.25, -0.2) is 4.39 Å². The zero-order valence-electron chi connectivity index (χ0n) is 16.7. The maximum Gasteiger partial charge on any atom is 0.241 e. The minimum Gasteiger partial charge on any atom is -0.494 e. The Balaban J connectivity index is 1.49. The fraction of sp³-hybridized carbons (Fsp3) is 0.409. The average molecular weight is 385 g/mol. The summed E-state index contributed by atoms with van der Waals surface area (Å²) in [4.78, 5) is 17.0. The molecule has 28 heavy (non-hydrogen) atoms. The Morgan fingerprint density at radius 1 is 1.14 bits per heavy atom. The quantitative estimate of drug-likeness (QED) is 0.829. The normalized spacial score (nSPS) is 16.6. The van der Waals surface area contributed by atoms with E-state index in [0.29, 0.717) is 6.54 Å². The van der Waals surface area contributed by atoms with Crippen LogP contribution in [0.5, 0.6) is 5.75 Å². The summed E-state index contributed by atoms with van der Waals surface area (Å²) >= 11 is 0. The largest absolute Gasteiger partial charge is 0.494 e. The predicted octanol–water partition coefficient (Wildman–Crippen LogP) is 3.29. The van der Waals surface area contributed by atoms with Crippen LogP contribution in [0.4, 0.5) is 10.1 Å². The Morgan fingerprint density at radius 2 is 1.82 bits per heavy atom. The maximum atomic E-state index is 13.9. The van der Waals surface area contributed by atoms with Gasteiger partial charge in [-0.1, -0.05) is 23.8 Å². The number of amides is 1. The van der Waals surface area contributed by atoms with Gasteiger partial charge in [0.25, 0.3) is 0 Å². The van der Waals surface area contributed by atoms with Crippen LogP contribution < -0.4 is 10.1 Å². The first-order valence-corrected chi connectivity index (χ1v) is 9.62. The molecule has 1 heterocycles. The topological polar surface area (TPSA) is 44.8 Å². The van der Waals surface area contributed by atoms with Gasteiger partial charge < -0.3 is 10.1 Å². The van der Waals surface area contributed by atoms with E-state index < -0.39 is 0 Å². The van der Waals surface area contributed by atoms with Gasteiger partial charge >= 0.3 is 0 Å². The molecule has 0 radical (unpaired) electrons. The van der Waals surface area contributed by atoms with Crippen molar-refractivity contribution in [2.24, 2.45) is 0 Å². The second kappa shape index (κ2) is 9.17. The number of benzene rings is 2. The van der Waals surface area contributed by atoms with Crippen LogP contribution in [-0.2, 0) is 11.3 Å². The first-order valence-electron chi connectivity index (χ1n) is 9.62. The van der Waals surface area contributed by atoms with E-state index in [-0.39, 0.29) is 23.5 Å². The van der Waals surface area contributed by atoms with Crippen LogP contribution in [0.1, 0.15) is 18.1 Å². The molecular weight excluding hydrogens is 357 g/mol. The van der Waals surface area contributed by atoms with Crippen molar-refractivity contribution < 1.29 is 13.9 Å². The number of carbonyl (C=O) groups excluding carboxylic acids is 1. The number of nitrogens with one attached hydrogen (secondary N) is 1. The number of hydrogen-bond donors (Lipinski definition) is 1. The molecular formula is C22H28FN3O2. The van der Waals surface area contributed by atoms with E-state index in [1.54, 1.807) is 6.07 Å². The molecule has 0 unspecified atom stereocenters. The highest BCUT2D eigenvalue weighted by Gasteiger charge is 2.25. The smallest absolute Gasteiger partial charge is 0.241 e. The van der Waals surface area contributed by atoms with Crippen LogP contribution in [0, 0.1) is 12.7 Å². The third-order valence-electron chi connectivity index (χ3n) is 5.28. The van der Waals surface area contributed by atoms with E-state index in [1.807, 2.05) is 44.2 Å². The van der Waals surface area contributed by atoms with Gasteiger partial charge in [0, 0.05) is 38.4 Å². The molecule has 0 bridgehead atoms. The Kier molecular flexibility index (Phi) is 6.65. The van der Waals surface area contributed by atoms with Gasteiger partial charge in [-0.05, 0) is 43.7 Å². The van der Waals surface area contributed by atoms with Crippen molar-refractivity contribution in [1.82, 2.24) is 9.80 Å². The van der Waals surface area contributed by atoms with Crippen LogP contribution in [0.3, 0.4) is 0 Å². The first-order chi connectivity index (χ1) is 13.5. The fourth-order valence-electron chi connectivity index (χ4n) is 3.42. The lowest BCUT2D eigenvalue weighted by atomic mass is 10.1. The molecule has 6 heteroatoms. The Morgan fingerprint density at radius 3 is 2.43 bits per heavy atom. The van der Waals surface area contributed by atoms with Crippen molar-refractivity contribution in [1.29, 1.82) is 0 Å². The molecule has 1 aliphatic heterocycles. The predicted molar refractivity (Wildman–Crippen MR) is 109 cm³/mol. The first kappa shape index (κ1) is 20.3. The Hall–Kier alpha value is -2.44. The lowest BCUT2D eigenvalue weighted by Crippen LogP contribution is -2.52. The van der Waals surface area contributed by atoms with Crippen LogP contribution >= 0.6 is 0 Å². The van der Waals surface area contributed by atoms with E-state index in [1.165, 1.54) is 18.7 Å². The molecule has 2 aromatic carbocycles. The zero-order chi connectivity index (χ0) is 20.1. The van der Waals surface area contributed by atoms with E-state index in [2.05, 4.69) is 15.1 Å². The number of anilines is 1. The molecule has 2 aromatic rings. The van der Waals surface area contributed by atoms with E-state index in [4.69, 9.17) is 4.74 Å². The monoisotopic (exact) mass is 385 g/mol.